The van der Waals surface area contributed by atoms with Crippen molar-refractivity contribution in [3.05, 3.63) is 58.9 Å². The lowest BCUT2D eigenvalue weighted by Gasteiger charge is -2.23. The number of carbonyl (C=O) groups is 1. The maximum Gasteiger partial charge on any atom is 0.185 e. The van der Waals surface area contributed by atoms with E-state index in [0.717, 1.165) is 16.6 Å². The van der Waals surface area contributed by atoms with E-state index in [0.29, 0.717) is 17.3 Å². The van der Waals surface area contributed by atoms with Crippen molar-refractivity contribution in [3.63, 3.8) is 0 Å². The van der Waals surface area contributed by atoms with Crippen LogP contribution in [-0.2, 0) is 0 Å². The number of methoxy groups -OCH3 is 1. The molecule has 0 atom stereocenters. The summed E-state index contributed by atoms with van der Waals surface area (Å²) in [5.41, 5.74) is 0.822. The fraction of sp³-hybridized carbons (Fsp3) is 0.222. The van der Waals surface area contributed by atoms with Crippen LogP contribution in [0.4, 0.5) is 10.1 Å². The summed E-state index contributed by atoms with van der Waals surface area (Å²) in [6.07, 6.45) is 0. The number of nitrogens with zero attached hydrogens (tertiary/aromatic N) is 2. The second kappa shape index (κ2) is 7.89. The molecule has 0 saturated heterocycles. The lowest BCUT2D eigenvalue weighted by Crippen LogP contribution is -2.33. The summed E-state index contributed by atoms with van der Waals surface area (Å²) >= 11 is 7.52. The minimum absolute atomic E-state index is 0.00326. The van der Waals surface area contributed by atoms with E-state index >= 15 is 0 Å². The largest absolute Gasteiger partial charge is 0.497 e. The van der Waals surface area contributed by atoms with Crippen LogP contribution in [0.3, 0.4) is 0 Å². The van der Waals surface area contributed by atoms with Crippen LogP contribution in [0, 0.1) is 5.82 Å². The van der Waals surface area contributed by atoms with Crippen LogP contribution in [0.1, 0.15) is 10.4 Å². The normalized spacial score (nSPS) is 13.5. The molecule has 0 aliphatic carbocycles. The van der Waals surface area contributed by atoms with Gasteiger partial charge in [0.25, 0.3) is 0 Å². The van der Waals surface area contributed by atoms with Crippen molar-refractivity contribution in [2.75, 3.05) is 30.9 Å². The first-order chi connectivity index (χ1) is 12.1. The quantitative estimate of drug-likeness (QED) is 0.728. The molecule has 2 aromatic carbocycles. The summed E-state index contributed by atoms with van der Waals surface area (Å²) in [4.78, 5) is 18.9. The van der Waals surface area contributed by atoms with Gasteiger partial charge in [-0.05, 0) is 36.4 Å². The maximum atomic E-state index is 14.2. The van der Waals surface area contributed by atoms with Crippen LogP contribution < -0.4 is 9.64 Å². The van der Waals surface area contributed by atoms with Gasteiger partial charge in [-0.15, -0.1) is 0 Å². The summed E-state index contributed by atoms with van der Waals surface area (Å²) < 4.78 is 19.2. The zero-order chi connectivity index (χ0) is 17.8. The maximum absolute atomic E-state index is 14.2. The Bertz CT molecular complexity index is 811. The topological polar surface area (TPSA) is 41.9 Å². The molecule has 7 heteroatoms. The molecule has 0 radical (unpaired) electrons. The van der Waals surface area contributed by atoms with Crippen molar-refractivity contribution in [3.8, 4) is 5.75 Å². The van der Waals surface area contributed by atoms with Crippen molar-refractivity contribution in [1.29, 1.82) is 0 Å². The lowest BCUT2D eigenvalue weighted by molar-refractivity contribution is 0.0998. The van der Waals surface area contributed by atoms with E-state index < -0.39 is 5.82 Å². The number of ketones is 1. The van der Waals surface area contributed by atoms with Gasteiger partial charge in [-0.3, -0.25) is 9.79 Å². The smallest absolute Gasteiger partial charge is 0.185 e. The molecule has 1 aliphatic heterocycles. The first-order valence-corrected chi connectivity index (χ1v) is 9.02. The van der Waals surface area contributed by atoms with Gasteiger partial charge >= 0.3 is 0 Å². The van der Waals surface area contributed by atoms with Crippen LogP contribution in [0.25, 0.3) is 0 Å². The summed E-state index contributed by atoms with van der Waals surface area (Å²) in [6.45, 7) is 0.700. The highest BCUT2D eigenvalue weighted by Crippen LogP contribution is 2.25. The number of hydrogen-bond acceptors (Lipinski definition) is 5. The summed E-state index contributed by atoms with van der Waals surface area (Å²) in [5.74, 6) is 0.316. The molecule has 1 aliphatic rings. The Kier molecular flexibility index (Phi) is 5.60. The highest BCUT2D eigenvalue weighted by Gasteiger charge is 2.23. The van der Waals surface area contributed by atoms with Crippen LogP contribution in [0.2, 0.25) is 5.02 Å². The second-order valence-corrected chi connectivity index (χ2v) is 6.84. The molecule has 2 aromatic rings. The standard InChI is InChI=1S/C18H16ClFN2O2S/c1-24-14-6-7-15(16(20)10-14)17(23)11-22(18-21-8-9-25-18)13-4-2-12(19)3-5-13/h2-7,10H,8-9,11H2,1H3. The van der Waals surface area contributed by atoms with E-state index in [1.54, 1.807) is 34.9 Å². The lowest BCUT2D eigenvalue weighted by atomic mass is 10.1. The molecule has 0 fully saturated rings. The van der Waals surface area contributed by atoms with Crippen molar-refractivity contribution in [2.45, 2.75) is 0 Å². The Labute approximate surface area is 154 Å². The Morgan fingerprint density at radius 3 is 2.68 bits per heavy atom. The SMILES string of the molecule is COc1ccc(C(=O)CN(C2=NCCS2)c2ccc(Cl)cc2)c(F)c1. The van der Waals surface area contributed by atoms with Crippen LogP contribution >= 0.6 is 23.4 Å². The molecule has 1 heterocycles. The average molecular weight is 379 g/mol. The predicted octanol–water partition coefficient (Wildman–Crippen LogP) is 4.28. The minimum atomic E-state index is -0.596. The van der Waals surface area contributed by atoms with Crippen LogP contribution in [0.5, 0.6) is 5.75 Å². The first-order valence-electron chi connectivity index (χ1n) is 7.65. The van der Waals surface area contributed by atoms with Crippen molar-refractivity contribution in [2.24, 2.45) is 4.99 Å². The van der Waals surface area contributed by atoms with Gasteiger partial charge in [0.05, 0.1) is 25.8 Å². The molecule has 0 saturated carbocycles. The number of ether oxygens (including phenoxy) is 1. The Morgan fingerprint density at radius 2 is 2.08 bits per heavy atom. The third-order valence-corrected chi connectivity index (χ3v) is 4.96. The van der Waals surface area contributed by atoms with Gasteiger partial charge in [0.2, 0.25) is 0 Å². The van der Waals surface area contributed by atoms with E-state index in [2.05, 4.69) is 4.99 Å². The number of anilines is 1. The molecule has 0 amide bonds. The van der Waals surface area contributed by atoms with Crippen LogP contribution in [0.15, 0.2) is 47.5 Å². The van der Waals surface area contributed by atoms with Crippen molar-refractivity contribution >= 4 is 40.0 Å². The summed E-state index contributed by atoms with van der Waals surface area (Å²) in [6, 6.07) is 11.4. The molecular formula is C18H16ClFN2O2S. The molecule has 3 rings (SSSR count). The highest BCUT2D eigenvalue weighted by molar-refractivity contribution is 8.14. The third kappa shape index (κ3) is 4.14. The number of rotatable bonds is 5. The highest BCUT2D eigenvalue weighted by atomic mass is 35.5. The Hall–Kier alpha value is -2.05. The fourth-order valence-corrected chi connectivity index (χ4v) is 3.45. The van der Waals surface area contributed by atoms with Gasteiger partial charge in [0.15, 0.2) is 11.0 Å². The molecule has 25 heavy (non-hydrogen) atoms. The minimum Gasteiger partial charge on any atom is -0.497 e. The molecule has 0 aromatic heterocycles. The van der Waals surface area contributed by atoms with Gasteiger partial charge in [-0.1, -0.05) is 23.4 Å². The van der Waals surface area contributed by atoms with E-state index in [9.17, 15) is 9.18 Å². The molecule has 4 nitrogen and oxygen atoms in total. The summed E-state index contributed by atoms with van der Waals surface area (Å²) in [5, 5.41) is 1.36. The van der Waals surface area contributed by atoms with Gasteiger partial charge in [0, 0.05) is 22.5 Å². The van der Waals surface area contributed by atoms with E-state index in [-0.39, 0.29) is 17.9 Å². The molecular weight excluding hydrogens is 363 g/mol. The second-order valence-electron chi connectivity index (χ2n) is 5.34. The number of hydrogen-bond donors (Lipinski definition) is 0. The Morgan fingerprint density at radius 1 is 1.32 bits per heavy atom. The zero-order valence-electron chi connectivity index (χ0n) is 13.5. The number of benzene rings is 2. The predicted molar refractivity (Wildman–Crippen MR) is 101 cm³/mol. The molecule has 0 N–H and O–H groups in total. The monoisotopic (exact) mass is 378 g/mol. The molecule has 0 bridgehead atoms. The Balaban J connectivity index is 1.87. The number of carbonyl (C=O) groups excluding carboxylic acids is 1. The van der Waals surface area contributed by atoms with E-state index in [1.165, 1.54) is 19.2 Å². The first kappa shape index (κ1) is 17.8. The van der Waals surface area contributed by atoms with Gasteiger partial charge in [0.1, 0.15) is 11.6 Å². The summed E-state index contributed by atoms with van der Waals surface area (Å²) in [7, 11) is 1.45. The molecule has 0 unspecified atom stereocenters. The van der Waals surface area contributed by atoms with E-state index in [1.807, 2.05) is 12.1 Å². The molecule has 130 valence electrons. The fourth-order valence-electron chi connectivity index (χ4n) is 2.46. The van der Waals surface area contributed by atoms with Crippen molar-refractivity contribution in [1.82, 2.24) is 0 Å². The number of amidine groups is 1. The van der Waals surface area contributed by atoms with E-state index in [4.69, 9.17) is 16.3 Å². The van der Waals surface area contributed by atoms with Gasteiger partial charge in [-0.2, -0.15) is 0 Å². The van der Waals surface area contributed by atoms with Crippen molar-refractivity contribution < 1.29 is 13.9 Å². The van der Waals surface area contributed by atoms with Crippen LogP contribution in [-0.4, -0.2) is 36.9 Å². The number of thioether (sulfide) groups is 1. The third-order valence-electron chi connectivity index (χ3n) is 3.72. The molecule has 0 spiro atoms. The van der Waals surface area contributed by atoms with Gasteiger partial charge < -0.3 is 9.64 Å². The average Bonchev–Trinajstić information content (AvgIpc) is 3.14. The number of halogens is 2. The zero-order valence-corrected chi connectivity index (χ0v) is 15.1. The van der Waals surface area contributed by atoms with Gasteiger partial charge in [-0.25, -0.2) is 4.39 Å². The number of aliphatic imine (C=N–C) groups is 1. The number of Topliss-reactive ketones (excluding diaryl/α,β-unsaturated/α-hetero) is 1.